The number of hydrogen-bond donors (Lipinski definition) is 2. The maximum absolute atomic E-state index is 12.0. The molecule has 0 bridgehead atoms. The van der Waals surface area contributed by atoms with E-state index in [0.717, 1.165) is 5.56 Å². The van der Waals surface area contributed by atoms with Crippen LogP contribution >= 0.6 is 11.3 Å². The van der Waals surface area contributed by atoms with Gasteiger partial charge in [-0.25, -0.2) is 4.98 Å². The zero-order valence-corrected chi connectivity index (χ0v) is 14.5. The van der Waals surface area contributed by atoms with E-state index in [1.165, 1.54) is 11.3 Å². The lowest BCUT2D eigenvalue weighted by Gasteiger charge is -2.08. The van der Waals surface area contributed by atoms with Crippen molar-refractivity contribution in [3.05, 3.63) is 29.3 Å². The molecule has 0 aliphatic carbocycles. The van der Waals surface area contributed by atoms with Gasteiger partial charge in [0.2, 0.25) is 5.91 Å². The van der Waals surface area contributed by atoms with Gasteiger partial charge in [0.25, 0.3) is 5.91 Å². The standard InChI is InChI=1S/C16H19N3O4S/c1-4-17-14(20)8-18-15(21)11-9-24-16(19-11)10-5-6-12(22-2)13(7-10)23-3/h5-7,9H,4,8H2,1-3H3,(H,17,20)(H,18,21). The molecule has 128 valence electrons. The molecule has 8 heteroatoms. The molecule has 0 saturated carbocycles. The van der Waals surface area contributed by atoms with Crippen LogP contribution < -0.4 is 20.1 Å². The first kappa shape index (κ1) is 17.7. The highest BCUT2D eigenvalue weighted by molar-refractivity contribution is 7.13. The lowest BCUT2D eigenvalue weighted by molar-refractivity contribution is -0.120. The second kappa shape index (κ2) is 8.30. The number of thiazole rings is 1. The molecule has 7 nitrogen and oxygen atoms in total. The van der Waals surface area contributed by atoms with Crippen LogP contribution in [0.4, 0.5) is 0 Å². The Kier molecular flexibility index (Phi) is 6.14. The fraction of sp³-hybridized carbons (Fsp3) is 0.312. The van der Waals surface area contributed by atoms with Crippen molar-refractivity contribution in [2.24, 2.45) is 0 Å². The Balaban J connectivity index is 2.10. The molecule has 0 aliphatic heterocycles. The van der Waals surface area contributed by atoms with Crippen molar-refractivity contribution < 1.29 is 19.1 Å². The topological polar surface area (TPSA) is 89.6 Å². The fourth-order valence-corrected chi connectivity index (χ4v) is 2.79. The van der Waals surface area contributed by atoms with Gasteiger partial charge in [0.05, 0.1) is 20.8 Å². The van der Waals surface area contributed by atoms with E-state index in [2.05, 4.69) is 15.6 Å². The minimum atomic E-state index is -0.385. The lowest BCUT2D eigenvalue weighted by atomic mass is 10.2. The fourth-order valence-electron chi connectivity index (χ4n) is 1.99. The SMILES string of the molecule is CCNC(=O)CNC(=O)c1csc(-c2ccc(OC)c(OC)c2)n1. The number of nitrogens with one attached hydrogen (secondary N) is 2. The number of methoxy groups -OCH3 is 2. The van der Waals surface area contributed by atoms with E-state index in [-0.39, 0.29) is 24.1 Å². The van der Waals surface area contributed by atoms with Crippen molar-refractivity contribution in [3.63, 3.8) is 0 Å². The van der Waals surface area contributed by atoms with E-state index in [1.54, 1.807) is 31.7 Å². The molecule has 0 fully saturated rings. The molecule has 2 amide bonds. The third-order valence-electron chi connectivity index (χ3n) is 3.15. The van der Waals surface area contributed by atoms with Crippen molar-refractivity contribution in [2.75, 3.05) is 27.3 Å². The molecule has 2 aromatic rings. The van der Waals surface area contributed by atoms with Gasteiger partial charge in [-0.2, -0.15) is 0 Å². The second-order valence-electron chi connectivity index (χ2n) is 4.74. The van der Waals surface area contributed by atoms with Gasteiger partial charge in [-0.05, 0) is 25.1 Å². The first-order valence-corrected chi connectivity index (χ1v) is 8.19. The van der Waals surface area contributed by atoms with Crippen LogP contribution in [0.25, 0.3) is 10.6 Å². The van der Waals surface area contributed by atoms with Crippen molar-refractivity contribution in [1.82, 2.24) is 15.6 Å². The largest absolute Gasteiger partial charge is 0.493 e. The quantitative estimate of drug-likeness (QED) is 0.794. The van der Waals surface area contributed by atoms with Gasteiger partial charge < -0.3 is 20.1 Å². The third-order valence-corrected chi connectivity index (χ3v) is 4.04. The number of hydrogen-bond acceptors (Lipinski definition) is 6. The zero-order chi connectivity index (χ0) is 17.5. The van der Waals surface area contributed by atoms with Gasteiger partial charge in [0.15, 0.2) is 11.5 Å². The Morgan fingerprint density at radius 3 is 2.58 bits per heavy atom. The molecule has 24 heavy (non-hydrogen) atoms. The van der Waals surface area contributed by atoms with Crippen LogP contribution in [0.1, 0.15) is 17.4 Å². The zero-order valence-electron chi connectivity index (χ0n) is 13.7. The summed E-state index contributed by atoms with van der Waals surface area (Å²) < 4.78 is 10.5. The molecule has 2 N–H and O–H groups in total. The van der Waals surface area contributed by atoms with E-state index in [9.17, 15) is 9.59 Å². The summed E-state index contributed by atoms with van der Waals surface area (Å²) in [6.45, 7) is 2.26. The van der Waals surface area contributed by atoms with Gasteiger partial charge in [-0.1, -0.05) is 0 Å². The van der Waals surface area contributed by atoms with Crippen molar-refractivity contribution in [1.29, 1.82) is 0 Å². The molecule has 0 spiro atoms. The summed E-state index contributed by atoms with van der Waals surface area (Å²) in [6, 6.07) is 5.43. The van der Waals surface area contributed by atoms with Crippen LogP contribution in [0, 0.1) is 0 Å². The maximum Gasteiger partial charge on any atom is 0.271 e. The molecule has 0 radical (unpaired) electrons. The lowest BCUT2D eigenvalue weighted by Crippen LogP contribution is -2.36. The number of amides is 2. The normalized spacial score (nSPS) is 10.1. The summed E-state index contributed by atoms with van der Waals surface area (Å²) in [5, 5.41) is 7.48. The number of rotatable bonds is 7. The first-order chi connectivity index (χ1) is 11.6. The van der Waals surface area contributed by atoms with Crippen molar-refractivity contribution in [2.45, 2.75) is 6.92 Å². The Morgan fingerprint density at radius 2 is 1.92 bits per heavy atom. The van der Waals surface area contributed by atoms with E-state index in [4.69, 9.17) is 9.47 Å². The van der Waals surface area contributed by atoms with Crippen LogP contribution in [-0.2, 0) is 4.79 Å². The predicted molar refractivity (Wildman–Crippen MR) is 91.7 cm³/mol. The Morgan fingerprint density at radius 1 is 1.17 bits per heavy atom. The Labute approximate surface area is 144 Å². The monoisotopic (exact) mass is 349 g/mol. The molecule has 2 rings (SSSR count). The third kappa shape index (κ3) is 4.23. The smallest absolute Gasteiger partial charge is 0.271 e. The van der Waals surface area contributed by atoms with Gasteiger partial charge in [-0.15, -0.1) is 11.3 Å². The van der Waals surface area contributed by atoms with Gasteiger partial charge in [0, 0.05) is 17.5 Å². The molecule has 1 heterocycles. The molecule has 1 aromatic carbocycles. The number of ether oxygens (including phenoxy) is 2. The highest BCUT2D eigenvalue weighted by atomic mass is 32.1. The molecular formula is C16H19N3O4S. The summed E-state index contributed by atoms with van der Waals surface area (Å²) in [4.78, 5) is 27.7. The summed E-state index contributed by atoms with van der Waals surface area (Å²) >= 11 is 1.34. The minimum Gasteiger partial charge on any atom is -0.493 e. The van der Waals surface area contributed by atoms with Crippen LogP contribution in [0.2, 0.25) is 0 Å². The summed E-state index contributed by atoms with van der Waals surface area (Å²) in [7, 11) is 3.13. The number of benzene rings is 1. The van der Waals surface area contributed by atoms with Crippen LogP contribution in [-0.4, -0.2) is 44.1 Å². The second-order valence-corrected chi connectivity index (χ2v) is 5.60. The Hall–Kier alpha value is -2.61. The number of nitrogens with zero attached hydrogens (tertiary/aromatic N) is 1. The maximum atomic E-state index is 12.0. The Bertz CT molecular complexity index is 730. The summed E-state index contributed by atoms with van der Waals surface area (Å²) in [5.74, 6) is 0.593. The van der Waals surface area contributed by atoms with Gasteiger partial charge >= 0.3 is 0 Å². The van der Waals surface area contributed by atoms with E-state index < -0.39 is 0 Å². The van der Waals surface area contributed by atoms with E-state index >= 15 is 0 Å². The first-order valence-electron chi connectivity index (χ1n) is 7.31. The molecular weight excluding hydrogens is 330 g/mol. The van der Waals surface area contributed by atoms with Crippen molar-refractivity contribution >= 4 is 23.2 Å². The van der Waals surface area contributed by atoms with Crippen molar-refractivity contribution in [3.8, 4) is 22.1 Å². The van der Waals surface area contributed by atoms with Gasteiger partial charge in [-0.3, -0.25) is 9.59 Å². The number of likely N-dealkylation sites (N-methyl/N-ethyl adjacent to an activating group) is 1. The van der Waals surface area contributed by atoms with E-state index in [1.807, 2.05) is 13.0 Å². The molecule has 1 aromatic heterocycles. The highest BCUT2D eigenvalue weighted by Gasteiger charge is 2.14. The number of carbonyl (C=O) groups excluding carboxylic acids is 2. The minimum absolute atomic E-state index is 0.0735. The molecule has 0 aliphatic rings. The van der Waals surface area contributed by atoms with E-state index in [0.29, 0.717) is 23.1 Å². The highest BCUT2D eigenvalue weighted by Crippen LogP contribution is 2.33. The van der Waals surface area contributed by atoms with Crippen LogP contribution in [0.5, 0.6) is 11.5 Å². The average molecular weight is 349 g/mol. The number of aromatic nitrogens is 1. The molecule has 0 saturated heterocycles. The predicted octanol–water partition coefficient (Wildman–Crippen LogP) is 1.69. The molecule has 0 unspecified atom stereocenters. The van der Waals surface area contributed by atoms with Crippen LogP contribution in [0.15, 0.2) is 23.6 Å². The summed E-state index contributed by atoms with van der Waals surface area (Å²) in [5.41, 5.74) is 1.09. The average Bonchev–Trinajstić information content (AvgIpc) is 3.09. The van der Waals surface area contributed by atoms with Gasteiger partial charge in [0.1, 0.15) is 10.7 Å². The summed E-state index contributed by atoms with van der Waals surface area (Å²) in [6.07, 6.45) is 0. The van der Waals surface area contributed by atoms with Crippen LogP contribution in [0.3, 0.4) is 0 Å². The molecule has 0 atom stereocenters. The number of carbonyl (C=O) groups is 2.